The number of anilines is 1. The van der Waals surface area contributed by atoms with Crippen LogP contribution in [0.5, 0.6) is 5.75 Å². The molecule has 0 spiro atoms. The zero-order valence-electron chi connectivity index (χ0n) is 18.3. The molecule has 0 fully saturated rings. The maximum atomic E-state index is 12.6. The van der Waals surface area contributed by atoms with Crippen LogP contribution in [0.3, 0.4) is 0 Å². The van der Waals surface area contributed by atoms with Crippen molar-refractivity contribution < 1.29 is 9.53 Å². The first-order valence-corrected chi connectivity index (χ1v) is 11.5. The van der Waals surface area contributed by atoms with Gasteiger partial charge in [-0.25, -0.2) is 0 Å². The molecule has 0 aliphatic rings. The van der Waals surface area contributed by atoms with Crippen molar-refractivity contribution in [2.75, 3.05) is 12.4 Å². The second-order valence-electron chi connectivity index (χ2n) is 7.42. The largest absolute Gasteiger partial charge is 0.496 e. The Balaban J connectivity index is 1.50. The SMILES string of the molecule is CCc1ccc(-n2nc3cc(C)c(NC(=S)NC(=O)c4ccc(OC)c(Br)c4)cc3n2)cc1. The minimum absolute atomic E-state index is 0.192. The Labute approximate surface area is 205 Å². The summed E-state index contributed by atoms with van der Waals surface area (Å²) < 4.78 is 5.88. The molecule has 168 valence electrons. The molecule has 1 heterocycles. The fraction of sp³-hybridized carbons (Fsp3) is 0.167. The van der Waals surface area contributed by atoms with Gasteiger partial charge in [-0.1, -0.05) is 19.1 Å². The Hall–Kier alpha value is -3.30. The maximum Gasteiger partial charge on any atom is 0.257 e. The van der Waals surface area contributed by atoms with Crippen LogP contribution in [0.15, 0.2) is 59.1 Å². The first kappa shape index (κ1) is 22.9. The van der Waals surface area contributed by atoms with Crippen LogP contribution in [0.2, 0.25) is 0 Å². The highest BCUT2D eigenvalue weighted by molar-refractivity contribution is 9.10. The number of carbonyl (C=O) groups excluding carboxylic acids is 1. The van der Waals surface area contributed by atoms with Gasteiger partial charge in [0.2, 0.25) is 0 Å². The number of hydrogen-bond acceptors (Lipinski definition) is 5. The number of halogens is 1. The summed E-state index contributed by atoms with van der Waals surface area (Å²) in [5, 5.41) is 15.2. The fourth-order valence-electron chi connectivity index (χ4n) is 3.32. The van der Waals surface area contributed by atoms with E-state index in [-0.39, 0.29) is 11.0 Å². The van der Waals surface area contributed by atoms with Gasteiger partial charge in [-0.2, -0.15) is 4.80 Å². The van der Waals surface area contributed by atoms with Crippen molar-refractivity contribution in [3.05, 3.63) is 75.8 Å². The lowest BCUT2D eigenvalue weighted by Crippen LogP contribution is -2.34. The smallest absolute Gasteiger partial charge is 0.257 e. The Bertz CT molecular complexity index is 1350. The van der Waals surface area contributed by atoms with Crippen LogP contribution in [0.4, 0.5) is 5.69 Å². The number of nitrogens with zero attached hydrogens (tertiary/aromatic N) is 3. The van der Waals surface area contributed by atoms with Crippen molar-refractivity contribution in [2.24, 2.45) is 0 Å². The zero-order valence-corrected chi connectivity index (χ0v) is 20.8. The maximum absolute atomic E-state index is 12.6. The van der Waals surface area contributed by atoms with Crippen molar-refractivity contribution in [1.82, 2.24) is 20.3 Å². The van der Waals surface area contributed by atoms with Crippen LogP contribution in [-0.2, 0) is 6.42 Å². The van der Waals surface area contributed by atoms with Crippen molar-refractivity contribution in [3.63, 3.8) is 0 Å². The quantitative estimate of drug-likeness (QED) is 0.350. The monoisotopic (exact) mass is 523 g/mol. The number of benzene rings is 3. The number of ether oxygens (including phenoxy) is 1. The van der Waals surface area contributed by atoms with E-state index in [0.717, 1.165) is 34.4 Å². The van der Waals surface area contributed by atoms with Gasteiger partial charge in [-0.05, 0) is 95.1 Å². The van der Waals surface area contributed by atoms with E-state index in [1.165, 1.54) is 5.56 Å². The lowest BCUT2D eigenvalue weighted by Gasteiger charge is -2.12. The van der Waals surface area contributed by atoms with Crippen LogP contribution >= 0.6 is 28.1 Å². The topological polar surface area (TPSA) is 81.1 Å². The van der Waals surface area contributed by atoms with Crippen LogP contribution in [0.25, 0.3) is 16.7 Å². The molecule has 0 radical (unpaired) electrons. The number of aryl methyl sites for hydroxylation is 2. The van der Waals surface area contributed by atoms with E-state index in [4.69, 9.17) is 17.0 Å². The lowest BCUT2D eigenvalue weighted by atomic mass is 10.2. The minimum atomic E-state index is -0.323. The van der Waals surface area contributed by atoms with Gasteiger partial charge in [-0.15, -0.1) is 10.2 Å². The lowest BCUT2D eigenvalue weighted by molar-refractivity contribution is 0.0977. The third-order valence-electron chi connectivity index (χ3n) is 5.19. The number of rotatable bonds is 5. The molecule has 0 bridgehead atoms. The van der Waals surface area contributed by atoms with E-state index in [1.807, 2.05) is 31.2 Å². The number of fused-ring (bicyclic) bond motifs is 1. The van der Waals surface area contributed by atoms with Gasteiger partial charge in [0.1, 0.15) is 16.8 Å². The summed E-state index contributed by atoms with van der Waals surface area (Å²) in [5.41, 5.74) is 5.78. The van der Waals surface area contributed by atoms with Gasteiger partial charge < -0.3 is 10.1 Å². The molecule has 1 amide bonds. The van der Waals surface area contributed by atoms with Gasteiger partial charge in [0.25, 0.3) is 5.91 Å². The van der Waals surface area contributed by atoms with Crippen LogP contribution < -0.4 is 15.4 Å². The molecular formula is C24H22BrN5O2S. The number of thiocarbonyl (C=S) groups is 1. The van der Waals surface area contributed by atoms with Gasteiger partial charge >= 0.3 is 0 Å². The van der Waals surface area contributed by atoms with Gasteiger partial charge in [0.15, 0.2) is 5.11 Å². The molecule has 1 aromatic heterocycles. The van der Waals surface area contributed by atoms with Gasteiger partial charge in [-0.3, -0.25) is 10.1 Å². The Kier molecular flexibility index (Phi) is 6.71. The normalized spacial score (nSPS) is 10.8. The second-order valence-corrected chi connectivity index (χ2v) is 8.69. The summed E-state index contributed by atoms with van der Waals surface area (Å²) in [5.74, 6) is 0.321. The van der Waals surface area contributed by atoms with Gasteiger partial charge in [0, 0.05) is 11.3 Å². The summed E-state index contributed by atoms with van der Waals surface area (Å²) in [7, 11) is 1.57. The summed E-state index contributed by atoms with van der Waals surface area (Å²) in [6, 6.07) is 17.0. The predicted molar refractivity (Wildman–Crippen MR) is 137 cm³/mol. The third-order valence-corrected chi connectivity index (χ3v) is 6.02. The van der Waals surface area contributed by atoms with E-state index in [1.54, 1.807) is 30.1 Å². The van der Waals surface area contributed by atoms with Crippen LogP contribution in [0.1, 0.15) is 28.4 Å². The molecule has 4 rings (SSSR count). The number of methoxy groups -OCH3 is 1. The molecule has 3 aromatic carbocycles. The highest BCUT2D eigenvalue weighted by atomic mass is 79.9. The molecule has 4 aromatic rings. The second kappa shape index (κ2) is 9.68. The van der Waals surface area contributed by atoms with Crippen LogP contribution in [0, 0.1) is 6.92 Å². The summed E-state index contributed by atoms with van der Waals surface area (Å²) in [6.07, 6.45) is 0.981. The molecule has 0 unspecified atom stereocenters. The third kappa shape index (κ3) is 5.04. The molecule has 0 aliphatic heterocycles. The molecule has 9 heteroatoms. The molecular weight excluding hydrogens is 502 g/mol. The van der Waals surface area contributed by atoms with Crippen molar-refractivity contribution in [1.29, 1.82) is 0 Å². The predicted octanol–water partition coefficient (Wildman–Crippen LogP) is 5.19. The van der Waals surface area contributed by atoms with E-state index in [9.17, 15) is 4.79 Å². The molecule has 0 saturated carbocycles. The molecule has 7 nitrogen and oxygen atoms in total. The van der Waals surface area contributed by atoms with E-state index in [0.29, 0.717) is 15.8 Å². The summed E-state index contributed by atoms with van der Waals surface area (Å²) in [4.78, 5) is 14.2. The first-order valence-electron chi connectivity index (χ1n) is 10.3. The van der Waals surface area contributed by atoms with Gasteiger partial charge in [0.05, 0.1) is 17.3 Å². The standard InChI is InChI=1S/C24H22BrN5O2S/c1-4-15-5-8-17(9-6-15)30-28-20-11-14(2)19(13-21(20)29-30)26-24(33)27-23(31)16-7-10-22(32-3)18(25)12-16/h5-13H,4H2,1-3H3,(H2,26,27,31,33). The number of aromatic nitrogens is 3. The highest BCUT2D eigenvalue weighted by Crippen LogP contribution is 2.26. The number of amides is 1. The number of nitrogens with one attached hydrogen (secondary N) is 2. The van der Waals surface area contributed by atoms with Crippen molar-refractivity contribution >= 4 is 55.9 Å². The Morgan fingerprint density at radius 2 is 1.79 bits per heavy atom. The molecule has 0 saturated heterocycles. The molecule has 0 aliphatic carbocycles. The zero-order chi connectivity index (χ0) is 23.5. The molecule has 2 N–H and O–H groups in total. The Morgan fingerprint density at radius 1 is 1.09 bits per heavy atom. The van der Waals surface area contributed by atoms with E-state index >= 15 is 0 Å². The van der Waals surface area contributed by atoms with E-state index in [2.05, 4.69) is 55.8 Å². The van der Waals surface area contributed by atoms with Crippen molar-refractivity contribution in [2.45, 2.75) is 20.3 Å². The highest BCUT2D eigenvalue weighted by Gasteiger charge is 2.13. The minimum Gasteiger partial charge on any atom is -0.496 e. The average Bonchev–Trinajstić information content (AvgIpc) is 3.21. The molecule has 0 atom stereocenters. The molecule has 33 heavy (non-hydrogen) atoms. The van der Waals surface area contributed by atoms with Crippen LogP contribution in [-0.4, -0.2) is 33.1 Å². The summed E-state index contributed by atoms with van der Waals surface area (Å²) >= 11 is 8.75. The first-order chi connectivity index (χ1) is 15.9. The Morgan fingerprint density at radius 3 is 2.42 bits per heavy atom. The number of hydrogen-bond donors (Lipinski definition) is 2. The average molecular weight is 524 g/mol. The van der Waals surface area contributed by atoms with Crippen molar-refractivity contribution in [3.8, 4) is 11.4 Å². The van der Waals surface area contributed by atoms with E-state index < -0.39 is 0 Å². The fourth-order valence-corrected chi connectivity index (χ4v) is 4.06. The summed E-state index contributed by atoms with van der Waals surface area (Å²) in [6.45, 7) is 4.07. The number of carbonyl (C=O) groups is 1.